The molecule has 1 aromatic carbocycles. The summed E-state index contributed by atoms with van der Waals surface area (Å²) in [6, 6.07) is 6.04. The van der Waals surface area contributed by atoms with E-state index in [1.807, 2.05) is 6.07 Å². The van der Waals surface area contributed by atoms with Crippen LogP contribution in [0.2, 0.25) is 0 Å². The maximum Gasteiger partial charge on any atom is 1.00 e. The summed E-state index contributed by atoms with van der Waals surface area (Å²) in [7, 11) is 0. The topological polar surface area (TPSA) is 49.8 Å². The van der Waals surface area contributed by atoms with Crippen molar-refractivity contribution in [3.05, 3.63) is 42.6 Å². The van der Waals surface area contributed by atoms with Gasteiger partial charge in [0.2, 0.25) is 6.93 Å². The molecule has 0 saturated heterocycles. The molecule has 1 aromatic rings. The molecule has 0 heterocycles. The van der Waals surface area contributed by atoms with E-state index in [4.69, 9.17) is 11.0 Å². The summed E-state index contributed by atoms with van der Waals surface area (Å²) in [6.07, 6.45) is 0. The molecule has 0 atom stereocenters. The molecule has 0 amide bonds. The number of alkyl halides is 2. The molecule has 0 aromatic heterocycles. The van der Waals surface area contributed by atoms with E-state index in [9.17, 15) is 13.2 Å². The zero-order chi connectivity index (χ0) is 11.0. The zero-order valence-electron chi connectivity index (χ0n) is 9.30. The van der Waals surface area contributed by atoms with Gasteiger partial charge in [0.1, 0.15) is 5.82 Å². The molecule has 1 rings (SSSR count). The first-order chi connectivity index (χ1) is 6.69. The predicted molar refractivity (Wildman–Crippen MR) is 52.5 cm³/mol. The van der Waals surface area contributed by atoms with Crippen LogP contribution in [0.4, 0.5) is 13.2 Å². The summed E-state index contributed by atoms with van der Waals surface area (Å²) in [4.78, 5) is 0. The van der Waals surface area contributed by atoms with E-state index in [1.165, 1.54) is 18.2 Å². The fourth-order valence-electron chi connectivity index (χ4n) is 0.801. The number of benzene rings is 1. The number of nitrogens with two attached hydrogens (primary N) is 1. The third-order valence-corrected chi connectivity index (χ3v) is 1.39. The molecule has 0 aliphatic heterocycles. The van der Waals surface area contributed by atoms with Gasteiger partial charge in [-0.1, -0.05) is 0 Å². The monoisotopic (exact) mass is 350 g/mol. The van der Waals surface area contributed by atoms with Gasteiger partial charge in [0.25, 0.3) is 0 Å². The van der Waals surface area contributed by atoms with Gasteiger partial charge in [-0.25, -0.2) is 13.2 Å². The van der Waals surface area contributed by atoms with Crippen LogP contribution in [0.3, 0.4) is 0 Å². The molecule has 84 valence electrons. The van der Waals surface area contributed by atoms with Crippen LogP contribution >= 0.6 is 0 Å². The quantitative estimate of drug-likeness (QED) is 0.694. The first-order valence-corrected chi connectivity index (χ1v) is 3.70. The van der Waals surface area contributed by atoms with Crippen LogP contribution in [-0.4, -0.2) is 6.93 Å². The van der Waals surface area contributed by atoms with Crippen molar-refractivity contribution in [2.75, 3.05) is 6.93 Å². The van der Waals surface area contributed by atoms with Gasteiger partial charge in [0.15, 0.2) is 0 Å². The van der Waals surface area contributed by atoms with Gasteiger partial charge in [0, 0.05) is 12.1 Å². The van der Waals surface area contributed by atoms with Crippen molar-refractivity contribution in [2.24, 2.45) is 5.73 Å². The molecular formula is C10H12CsF3N2. The Balaban J connectivity index is -0.000000306. The molecule has 0 fully saturated rings. The van der Waals surface area contributed by atoms with Crippen molar-refractivity contribution < 1.29 is 82.1 Å². The van der Waals surface area contributed by atoms with Crippen LogP contribution in [0.5, 0.6) is 0 Å². The van der Waals surface area contributed by atoms with Crippen molar-refractivity contribution in [2.45, 2.75) is 6.54 Å². The number of nitriles is 1. The minimum atomic E-state index is -1.75. The number of halogens is 3. The van der Waals surface area contributed by atoms with Crippen LogP contribution in [0.15, 0.2) is 18.2 Å². The number of hydrogen-bond donors (Lipinski definition) is 1. The van der Waals surface area contributed by atoms with Gasteiger partial charge < -0.3 is 13.2 Å². The summed E-state index contributed by atoms with van der Waals surface area (Å²) in [5, 5.41) is 8.44. The van der Waals surface area contributed by atoms with Gasteiger partial charge in [0.05, 0.1) is 11.6 Å². The first-order valence-electron chi connectivity index (χ1n) is 3.70. The Hall–Kier alpha value is 0.512. The van der Waals surface area contributed by atoms with Crippen molar-refractivity contribution in [1.29, 1.82) is 5.26 Å². The molecule has 6 heteroatoms. The molecule has 0 unspecified atom stereocenters. The SMILES string of the molecule is FCF.N#Cc1ccc(F)c(CN)c1.[CH3-].[Cs+]. The molecule has 0 spiro atoms. The molecule has 16 heavy (non-hydrogen) atoms. The molecule has 0 aliphatic rings. The number of nitrogens with zero attached hydrogens (tertiary/aromatic N) is 1. The second-order valence-electron chi connectivity index (χ2n) is 2.22. The molecule has 0 saturated carbocycles. The fraction of sp³-hybridized carbons (Fsp3) is 0.200. The Bertz CT molecular complexity index is 326. The van der Waals surface area contributed by atoms with Crippen molar-refractivity contribution in [3.8, 4) is 6.07 Å². The van der Waals surface area contributed by atoms with Crippen LogP contribution in [0.25, 0.3) is 0 Å². The Morgan fingerprint density at radius 3 is 2.19 bits per heavy atom. The normalized spacial score (nSPS) is 7.44. The van der Waals surface area contributed by atoms with E-state index in [0.717, 1.165) is 0 Å². The molecule has 0 radical (unpaired) electrons. The van der Waals surface area contributed by atoms with E-state index in [2.05, 4.69) is 0 Å². The average molecular weight is 350 g/mol. The van der Waals surface area contributed by atoms with Crippen molar-refractivity contribution >= 4 is 0 Å². The Kier molecular flexibility index (Phi) is 18.5. The zero-order valence-corrected chi connectivity index (χ0v) is 15.6. The average Bonchev–Trinajstić information content (AvgIpc) is 2.20. The van der Waals surface area contributed by atoms with Gasteiger partial charge >= 0.3 is 68.9 Å². The van der Waals surface area contributed by atoms with Crippen molar-refractivity contribution in [3.63, 3.8) is 0 Å². The minimum Gasteiger partial charge on any atom is -0.358 e. The van der Waals surface area contributed by atoms with Gasteiger partial charge in [-0.05, 0) is 18.2 Å². The van der Waals surface area contributed by atoms with Crippen LogP contribution < -0.4 is 74.6 Å². The maximum absolute atomic E-state index is 12.7. The second-order valence-corrected chi connectivity index (χ2v) is 2.22. The number of hydrogen-bond acceptors (Lipinski definition) is 2. The van der Waals surface area contributed by atoms with E-state index in [1.54, 1.807) is 0 Å². The summed E-state index contributed by atoms with van der Waals surface area (Å²) in [5.41, 5.74) is 6.04. The smallest absolute Gasteiger partial charge is 0.358 e. The summed E-state index contributed by atoms with van der Waals surface area (Å²) in [5.74, 6) is -0.355. The van der Waals surface area contributed by atoms with Crippen LogP contribution in [0.1, 0.15) is 11.1 Å². The molecule has 2 nitrogen and oxygen atoms in total. The van der Waals surface area contributed by atoms with E-state index in [-0.39, 0.29) is 88.7 Å². The van der Waals surface area contributed by atoms with Gasteiger partial charge in [-0.3, -0.25) is 0 Å². The summed E-state index contributed by atoms with van der Waals surface area (Å²) in [6.45, 7) is -1.62. The first kappa shape index (κ1) is 21.8. The largest absolute Gasteiger partial charge is 1.00 e. The Morgan fingerprint density at radius 1 is 1.31 bits per heavy atom. The molecule has 0 aliphatic carbocycles. The van der Waals surface area contributed by atoms with E-state index < -0.39 is 6.93 Å². The van der Waals surface area contributed by atoms with Gasteiger partial charge in [-0.15, -0.1) is 0 Å². The predicted octanol–water partition coefficient (Wildman–Crippen LogP) is -0.507. The Morgan fingerprint density at radius 2 is 1.81 bits per heavy atom. The van der Waals surface area contributed by atoms with E-state index >= 15 is 0 Å². The second kappa shape index (κ2) is 13.6. The molecule has 0 bridgehead atoms. The summed E-state index contributed by atoms with van der Waals surface area (Å²) >= 11 is 0. The van der Waals surface area contributed by atoms with E-state index in [0.29, 0.717) is 11.1 Å². The summed E-state index contributed by atoms with van der Waals surface area (Å²) < 4.78 is 32.0. The minimum absolute atomic E-state index is 0. The van der Waals surface area contributed by atoms with Gasteiger partial charge in [-0.2, -0.15) is 5.26 Å². The van der Waals surface area contributed by atoms with Crippen molar-refractivity contribution in [1.82, 2.24) is 0 Å². The molecule has 2 N–H and O–H groups in total. The maximum atomic E-state index is 12.7. The third kappa shape index (κ3) is 8.64. The fourth-order valence-corrected chi connectivity index (χ4v) is 0.801. The van der Waals surface area contributed by atoms with Crippen LogP contribution in [0, 0.1) is 24.6 Å². The molecular weight excluding hydrogens is 338 g/mol. The van der Waals surface area contributed by atoms with Crippen LogP contribution in [-0.2, 0) is 6.54 Å². The third-order valence-electron chi connectivity index (χ3n) is 1.39. The number of rotatable bonds is 1. The standard InChI is InChI=1S/C8H7FN2.CH2F2.CH3.Cs/c9-8-2-1-6(4-10)3-7(8)5-11;2-1-3;;/h1-3H,5,11H2;1H2;1H3;/q;;-1;+1. The Labute approximate surface area is 152 Å².